The van der Waals surface area contributed by atoms with Gasteiger partial charge in [-0.3, -0.25) is 0 Å². The lowest BCUT2D eigenvalue weighted by Crippen LogP contribution is -2.07. The van der Waals surface area contributed by atoms with Gasteiger partial charge in [0.05, 0.1) is 20.9 Å². The molecule has 0 heterocycles. The summed E-state index contributed by atoms with van der Waals surface area (Å²) in [6.45, 7) is 6.52. The zero-order chi connectivity index (χ0) is 10.6. The third-order valence-electron chi connectivity index (χ3n) is 1.34. The Bertz CT molecular complexity index is 413. The second-order valence-electron chi connectivity index (χ2n) is 2.17. The number of nitriles is 1. The lowest BCUT2D eigenvalue weighted by Gasteiger charge is -2.04. The van der Waals surface area contributed by atoms with Crippen LogP contribution >= 0.6 is 23.2 Å². The van der Waals surface area contributed by atoms with E-state index in [1.54, 1.807) is 6.19 Å². The minimum absolute atomic E-state index is 0.235. The summed E-state index contributed by atoms with van der Waals surface area (Å²) in [6.07, 6.45) is 4.37. The normalized spacial score (nSPS) is 21.1. The Labute approximate surface area is 90.3 Å². The van der Waals surface area contributed by atoms with Gasteiger partial charge in [-0.05, 0) is 12.2 Å². The molecule has 0 aliphatic heterocycles. The Kier molecular flexibility index (Phi) is 3.41. The molecule has 0 unspecified atom stereocenters. The van der Waals surface area contributed by atoms with Crippen molar-refractivity contribution in [1.82, 2.24) is 0 Å². The molecular formula is C8H2Cl2N4. The standard InChI is InChI=1S/C8H2Cl2N4/c1-12-14-8-3-5(9)7(13-4-11)2-6(8)10/h2-3H/b13-7?,14-8+. The molecule has 4 nitrogen and oxygen atoms in total. The van der Waals surface area contributed by atoms with Crippen molar-refractivity contribution in [3.63, 3.8) is 0 Å². The highest BCUT2D eigenvalue weighted by molar-refractivity contribution is 6.55. The van der Waals surface area contributed by atoms with Gasteiger partial charge in [0.15, 0.2) is 5.71 Å². The summed E-state index contributed by atoms with van der Waals surface area (Å²) in [5.74, 6) is 0. The van der Waals surface area contributed by atoms with E-state index >= 15 is 0 Å². The van der Waals surface area contributed by atoms with Gasteiger partial charge in [-0.15, -0.1) is 4.95 Å². The number of aliphatic imine (C=N–C) groups is 1. The molecule has 0 bridgehead atoms. The SMILES string of the molecule is [C-]#[N+]/N=C1\C=C(Cl)C(=NC#N)C=C1Cl. The molecule has 14 heavy (non-hydrogen) atoms. The predicted molar refractivity (Wildman–Crippen MR) is 55.0 cm³/mol. The fourth-order valence-corrected chi connectivity index (χ4v) is 1.19. The first-order valence-electron chi connectivity index (χ1n) is 3.35. The van der Waals surface area contributed by atoms with E-state index in [4.69, 9.17) is 35.0 Å². The van der Waals surface area contributed by atoms with E-state index in [1.807, 2.05) is 0 Å². The monoisotopic (exact) mass is 224 g/mol. The van der Waals surface area contributed by atoms with Crippen molar-refractivity contribution in [2.24, 2.45) is 10.1 Å². The quantitative estimate of drug-likeness (QED) is 0.270. The highest BCUT2D eigenvalue weighted by Crippen LogP contribution is 2.19. The Morgan fingerprint density at radius 1 is 1.29 bits per heavy atom. The number of hydrogen-bond acceptors (Lipinski definition) is 3. The largest absolute Gasteiger partial charge is 0.206 e. The van der Waals surface area contributed by atoms with Gasteiger partial charge in [0.25, 0.3) is 0 Å². The van der Waals surface area contributed by atoms with Crippen LogP contribution in [0.15, 0.2) is 32.3 Å². The minimum atomic E-state index is 0.235. The maximum atomic E-state index is 8.32. The molecule has 0 saturated carbocycles. The summed E-state index contributed by atoms with van der Waals surface area (Å²) >= 11 is 11.5. The molecule has 0 aromatic rings. The second-order valence-corrected chi connectivity index (χ2v) is 2.98. The van der Waals surface area contributed by atoms with Crippen molar-refractivity contribution >= 4 is 34.6 Å². The van der Waals surface area contributed by atoms with Gasteiger partial charge in [0, 0.05) is 0 Å². The molecule has 1 rings (SSSR count). The Balaban J connectivity index is 3.17. The lowest BCUT2D eigenvalue weighted by atomic mass is 10.1. The van der Waals surface area contributed by atoms with Crippen molar-refractivity contribution in [3.05, 3.63) is 33.7 Å². The first kappa shape index (κ1) is 10.5. The molecule has 0 aromatic heterocycles. The fourth-order valence-electron chi connectivity index (χ4n) is 0.796. The van der Waals surface area contributed by atoms with Crippen LogP contribution in [0.1, 0.15) is 0 Å². The molecule has 0 aromatic carbocycles. The van der Waals surface area contributed by atoms with Crippen LogP contribution in [0.25, 0.3) is 4.95 Å². The first-order valence-corrected chi connectivity index (χ1v) is 4.11. The molecule has 0 fully saturated rings. The second kappa shape index (κ2) is 4.57. The maximum absolute atomic E-state index is 8.32. The smallest absolute Gasteiger partial charge is 0.181 e. The van der Waals surface area contributed by atoms with E-state index in [1.165, 1.54) is 12.2 Å². The number of rotatable bonds is 0. The number of allylic oxidation sites excluding steroid dienone is 4. The zero-order valence-corrected chi connectivity index (χ0v) is 8.21. The number of nitrogens with zero attached hydrogens (tertiary/aromatic N) is 4. The Hall–Kier alpha value is -1.62. The zero-order valence-electron chi connectivity index (χ0n) is 6.70. The van der Waals surface area contributed by atoms with Gasteiger partial charge in [-0.25, -0.2) is 0 Å². The Morgan fingerprint density at radius 3 is 2.43 bits per heavy atom. The summed E-state index contributed by atoms with van der Waals surface area (Å²) < 4.78 is 0. The third-order valence-corrected chi connectivity index (χ3v) is 1.95. The molecule has 1 aliphatic rings. The van der Waals surface area contributed by atoms with Crippen LogP contribution in [-0.2, 0) is 0 Å². The van der Waals surface area contributed by atoms with Crippen LogP contribution in [0, 0.1) is 18.0 Å². The van der Waals surface area contributed by atoms with Crippen molar-refractivity contribution < 1.29 is 0 Å². The third kappa shape index (κ3) is 2.20. The van der Waals surface area contributed by atoms with Gasteiger partial charge in [-0.2, -0.15) is 16.8 Å². The van der Waals surface area contributed by atoms with E-state index in [0.29, 0.717) is 0 Å². The van der Waals surface area contributed by atoms with Gasteiger partial charge in [0.1, 0.15) is 0 Å². The molecular weight excluding hydrogens is 223 g/mol. The fraction of sp³-hybridized carbons (Fsp3) is 0. The summed E-state index contributed by atoms with van der Waals surface area (Å²) in [6, 6.07) is 0. The molecule has 0 N–H and O–H groups in total. The Morgan fingerprint density at radius 2 is 1.86 bits per heavy atom. The number of hydrogen-bond donors (Lipinski definition) is 0. The maximum Gasteiger partial charge on any atom is 0.206 e. The summed E-state index contributed by atoms with van der Waals surface area (Å²) in [7, 11) is 0. The molecule has 0 amide bonds. The van der Waals surface area contributed by atoms with Crippen LogP contribution in [0.5, 0.6) is 0 Å². The molecule has 0 atom stereocenters. The van der Waals surface area contributed by atoms with Gasteiger partial charge < -0.3 is 0 Å². The predicted octanol–water partition coefficient (Wildman–Crippen LogP) is 2.44. The highest BCUT2D eigenvalue weighted by Gasteiger charge is 2.16. The highest BCUT2D eigenvalue weighted by atomic mass is 35.5. The molecule has 0 spiro atoms. The van der Waals surface area contributed by atoms with E-state index in [0.717, 1.165) is 0 Å². The molecule has 1 aliphatic carbocycles. The summed E-state index contributed by atoms with van der Waals surface area (Å²) in [5, 5.41) is 12.2. The summed E-state index contributed by atoms with van der Waals surface area (Å²) in [5.41, 5.74) is 0.534. The van der Waals surface area contributed by atoms with Gasteiger partial charge in [0.2, 0.25) is 6.19 Å². The van der Waals surface area contributed by atoms with Crippen LogP contribution in [-0.4, -0.2) is 11.4 Å². The van der Waals surface area contributed by atoms with E-state index in [9.17, 15) is 0 Å². The van der Waals surface area contributed by atoms with Crippen molar-refractivity contribution in [1.29, 1.82) is 5.26 Å². The van der Waals surface area contributed by atoms with Crippen molar-refractivity contribution in [3.8, 4) is 6.19 Å². The van der Waals surface area contributed by atoms with Gasteiger partial charge >= 0.3 is 0 Å². The molecule has 0 radical (unpaired) electrons. The van der Waals surface area contributed by atoms with Crippen LogP contribution in [0.3, 0.4) is 0 Å². The average Bonchev–Trinajstić information content (AvgIpc) is 2.14. The van der Waals surface area contributed by atoms with Crippen molar-refractivity contribution in [2.75, 3.05) is 0 Å². The van der Waals surface area contributed by atoms with Gasteiger partial charge in [-0.1, -0.05) is 23.2 Å². The first-order chi connectivity index (χ1) is 6.69. The molecule has 68 valence electrons. The molecule has 6 heteroatoms. The van der Waals surface area contributed by atoms with Crippen LogP contribution < -0.4 is 0 Å². The summed E-state index contributed by atoms with van der Waals surface area (Å²) in [4.78, 5) is 6.26. The van der Waals surface area contributed by atoms with Crippen LogP contribution in [0.4, 0.5) is 0 Å². The van der Waals surface area contributed by atoms with Crippen LogP contribution in [0.2, 0.25) is 0 Å². The van der Waals surface area contributed by atoms with E-state index < -0.39 is 0 Å². The van der Waals surface area contributed by atoms with E-state index in [-0.39, 0.29) is 21.5 Å². The topological polar surface area (TPSA) is 52.9 Å². The lowest BCUT2D eigenvalue weighted by molar-refractivity contribution is 1.44. The minimum Gasteiger partial charge on any atom is -0.181 e. The number of halogens is 2. The van der Waals surface area contributed by atoms with E-state index in [2.05, 4.69) is 15.0 Å². The molecule has 0 saturated heterocycles. The average molecular weight is 225 g/mol. The van der Waals surface area contributed by atoms with Crippen molar-refractivity contribution in [2.45, 2.75) is 0 Å².